The van der Waals surface area contributed by atoms with E-state index in [0.717, 1.165) is 11.6 Å². The lowest BCUT2D eigenvalue weighted by Crippen LogP contribution is -2.46. The summed E-state index contributed by atoms with van der Waals surface area (Å²) in [6.07, 6.45) is 6.94. The van der Waals surface area contributed by atoms with Gasteiger partial charge in [-0.15, -0.1) is 0 Å². The van der Waals surface area contributed by atoms with Crippen LogP contribution in [0.2, 0.25) is 0 Å². The molecule has 5 rings (SSSR count). The molecule has 4 aromatic heterocycles. The third kappa shape index (κ3) is 5.17. The molecule has 4 aromatic rings. The molecule has 0 bridgehead atoms. The monoisotopic (exact) mass is 522 g/mol. The van der Waals surface area contributed by atoms with Crippen LogP contribution in [0.15, 0.2) is 55.8 Å². The molecule has 1 aliphatic rings. The number of nitrogens with one attached hydrogen (secondary N) is 2. The molecule has 13 heteroatoms. The number of pyridine rings is 2. The molecule has 0 radical (unpaired) electrons. The van der Waals surface area contributed by atoms with Crippen molar-refractivity contribution in [3.05, 3.63) is 61.6 Å². The third-order valence-electron chi connectivity index (χ3n) is 5.93. The summed E-state index contributed by atoms with van der Waals surface area (Å²) in [6, 6.07) is 3.96. The van der Waals surface area contributed by atoms with Crippen molar-refractivity contribution >= 4 is 45.1 Å². The van der Waals surface area contributed by atoms with Crippen molar-refractivity contribution in [2.45, 2.75) is 25.1 Å². The van der Waals surface area contributed by atoms with Gasteiger partial charge in [0.05, 0.1) is 29.0 Å². The molecule has 2 amide bonds. The molecule has 11 nitrogen and oxygen atoms in total. The molecule has 190 valence electrons. The predicted octanol–water partition coefficient (Wildman–Crippen LogP) is 2.10. The molecule has 2 atom stereocenters. The first-order chi connectivity index (χ1) is 17.9. The Bertz CT molecular complexity index is 1470. The fourth-order valence-corrected chi connectivity index (χ4v) is 4.99. The Morgan fingerprint density at radius 1 is 1.27 bits per heavy atom. The van der Waals surface area contributed by atoms with Gasteiger partial charge in [0, 0.05) is 44.5 Å². The lowest BCUT2D eigenvalue weighted by atomic mass is 10.2. The summed E-state index contributed by atoms with van der Waals surface area (Å²) in [5.74, 6) is -0.608. The van der Waals surface area contributed by atoms with Crippen LogP contribution in [-0.4, -0.2) is 71.6 Å². The van der Waals surface area contributed by atoms with Gasteiger partial charge in [0.2, 0.25) is 11.8 Å². The number of imidazole rings is 1. The fourth-order valence-electron chi connectivity index (χ4n) is 4.17. The first kappa shape index (κ1) is 24.5. The Balaban J connectivity index is 1.24. The molecule has 5 heterocycles. The molecule has 1 fully saturated rings. The number of aliphatic hydroxyl groups excluding tert-OH is 1. The number of hydrogen-bond donors (Lipinski definition) is 3. The standard InChI is InChI=1S/C24H23FN8O3S/c1-2-21(35)33-12-14(34)8-18(33)23(36)27-6-7-32-13-30-16-10-28-20(9-17(16)32)31-24-29-11-19(37-24)22-15(25)4-3-5-26-22/h2-5,9-11,13-14,18,34H,1,6-8,12H2,(H,27,36)(H,28,29,31)/t14-,18?/m1/s1. The number of likely N-dealkylation sites (tertiary alicyclic amines) is 1. The van der Waals surface area contributed by atoms with Crippen LogP contribution in [0.25, 0.3) is 21.6 Å². The van der Waals surface area contributed by atoms with Crippen LogP contribution in [0.4, 0.5) is 15.3 Å². The van der Waals surface area contributed by atoms with E-state index in [-0.39, 0.29) is 30.5 Å². The number of rotatable bonds is 8. The number of aromatic nitrogens is 5. The average Bonchev–Trinajstić information content (AvgIpc) is 3.62. The predicted molar refractivity (Wildman–Crippen MR) is 135 cm³/mol. The van der Waals surface area contributed by atoms with E-state index in [2.05, 4.69) is 37.1 Å². The third-order valence-corrected chi connectivity index (χ3v) is 6.85. The Kier molecular flexibility index (Phi) is 6.88. The highest BCUT2D eigenvalue weighted by atomic mass is 32.1. The van der Waals surface area contributed by atoms with E-state index < -0.39 is 18.0 Å². The van der Waals surface area contributed by atoms with Crippen molar-refractivity contribution in [2.75, 3.05) is 18.4 Å². The topological polar surface area (TPSA) is 138 Å². The van der Waals surface area contributed by atoms with Crippen LogP contribution in [0.3, 0.4) is 0 Å². The van der Waals surface area contributed by atoms with E-state index in [0.29, 0.717) is 34.4 Å². The highest BCUT2D eigenvalue weighted by Gasteiger charge is 2.37. The van der Waals surface area contributed by atoms with Crippen molar-refractivity contribution < 1.29 is 19.1 Å². The van der Waals surface area contributed by atoms with E-state index in [4.69, 9.17) is 0 Å². The first-order valence-electron chi connectivity index (χ1n) is 11.5. The van der Waals surface area contributed by atoms with Crippen LogP contribution in [0.1, 0.15) is 6.42 Å². The summed E-state index contributed by atoms with van der Waals surface area (Å²) < 4.78 is 15.9. The van der Waals surface area contributed by atoms with Crippen LogP contribution >= 0.6 is 11.3 Å². The van der Waals surface area contributed by atoms with Gasteiger partial charge in [-0.1, -0.05) is 17.9 Å². The summed E-state index contributed by atoms with van der Waals surface area (Å²) in [6.45, 7) is 4.28. The molecule has 37 heavy (non-hydrogen) atoms. The zero-order valence-electron chi connectivity index (χ0n) is 19.5. The number of halogens is 1. The SMILES string of the molecule is C=CC(=O)N1C[C@H](O)CC1C(=O)NCCn1cnc2cnc(Nc3ncc(-c4ncccc4F)s3)cc21. The summed E-state index contributed by atoms with van der Waals surface area (Å²) in [4.78, 5) is 43.7. The van der Waals surface area contributed by atoms with Crippen LogP contribution in [0, 0.1) is 5.82 Å². The summed E-state index contributed by atoms with van der Waals surface area (Å²) >= 11 is 1.25. The number of hydrogen-bond acceptors (Lipinski definition) is 9. The normalized spacial score (nSPS) is 17.2. The quantitative estimate of drug-likeness (QED) is 0.299. The van der Waals surface area contributed by atoms with Crippen molar-refractivity contribution in [2.24, 2.45) is 0 Å². The highest BCUT2D eigenvalue weighted by molar-refractivity contribution is 7.18. The number of amides is 2. The maximum absolute atomic E-state index is 14.0. The maximum Gasteiger partial charge on any atom is 0.246 e. The number of aliphatic hydroxyl groups is 1. The second-order valence-corrected chi connectivity index (χ2v) is 9.41. The van der Waals surface area contributed by atoms with Crippen molar-refractivity contribution in [3.63, 3.8) is 0 Å². The minimum Gasteiger partial charge on any atom is -0.391 e. The number of carbonyl (C=O) groups is 2. The minimum absolute atomic E-state index is 0.106. The van der Waals surface area contributed by atoms with Crippen LogP contribution < -0.4 is 10.6 Å². The molecular formula is C24H23FN8O3S. The molecule has 1 aliphatic heterocycles. The van der Waals surface area contributed by atoms with E-state index >= 15 is 0 Å². The van der Waals surface area contributed by atoms with E-state index in [1.165, 1.54) is 34.6 Å². The van der Waals surface area contributed by atoms with Gasteiger partial charge >= 0.3 is 0 Å². The van der Waals surface area contributed by atoms with E-state index in [9.17, 15) is 19.1 Å². The highest BCUT2D eigenvalue weighted by Crippen LogP contribution is 2.31. The van der Waals surface area contributed by atoms with Gasteiger partial charge in [0.25, 0.3) is 0 Å². The Morgan fingerprint density at radius 3 is 2.95 bits per heavy atom. The summed E-state index contributed by atoms with van der Waals surface area (Å²) in [7, 11) is 0. The molecule has 0 saturated carbocycles. The van der Waals surface area contributed by atoms with Gasteiger partial charge in [-0.3, -0.25) is 14.6 Å². The number of carbonyl (C=O) groups excluding carboxylic acids is 2. The van der Waals surface area contributed by atoms with Crippen molar-refractivity contribution in [1.82, 2.24) is 34.7 Å². The smallest absolute Gasteiger partial charge is 0.246 e. The number of anilines is 2. The van der Waals surface area contributed by atoms with Gasteiger partial charge in [-0.05, 0) is 18.2 Å². The zero-order chi connectivity index (χ0) is 25.9. The Morgan fingerprint density at radius 2 is 2.14 bits per heavy atom. The van der Waals surface area contributed by atoms with Crippen LogP contribution in [-0.2, 0) is 16.1 Å². The Hall–Kier alpha value is -4.23. The van der Waals surface area contributed by atoms with Crippen LogP contribution in [0.5, 0.6) is 0 Å². The zero-order valence-corrected chi connectivity index (χ0v) is 20.4. The van der Waals surface area contributed by atoms with E-state index in [1.807, 2.05) is 10.6 Å². The lowest BCUT2D eigenvalue weighted by molar-refractivity contribution is -0.135. The lowest BCUT2D eigenvalue weighted by Gasteiger charge is -2.22. The van der Waals surface area contributed by atoms with Gasteiger partial charge in [0.15, 0.2) is 5.13 Å². The number of thiazole rings is 1. The maximum atomic E-state index is 14.0. The minimum atomic E-state index is -0.743. The molecule has 3 N–H and O–H groups in total. The molecule has 0 aromatic carbocycles. The van der Waals surface area contributed by atoms with Gasteiger partial charge < -0.3 is 25.2 Å². The van der Waals surface area contributed by atoms with Crippen molar-refractivity contribution in [3.8, 4) is 10.6 Å². The van der Waals surface area contributed by atoms with Crippen molar-refractivity contribution in [1.29, 1.82) is 0 Å². The summed E-state index contributed by atoms with van der Waals surface area (Å²) in [5, 5.41) is 16.4. The molecule has 1 saturated heterocycles. The second kappa shape index (κ2) is 10.4. The van der Waals surface area contributed by atoms with Gasteiger partial charge in [0.1, 0.15) is 28.9 Å². The number of nitrogens with zero attached hydrogens (tertiary/aromatic N) is 6. The molecular weight excluding hydrogens is 499 g/mol. The van der Waals surface area contributed by atoms with Gasteiger partial charge in [-0.25, -0.2) is 19.3 Å². The molecule has 1 unspecified atom stereocenters. The largest absolute Gasteiger partial charge is 0.391 e. The second-order valence-electron chi connectivity index (χ2n) is 8.38. The Labute approximate surface area is 214 Å². The average molecular weight is 523 g/mol. The number of β-amino-alcohol motifs (C(OH)–C–C–N with tert-alkyl or cyclic N) is 1. The van der Waals surface area contributed by atoms with E-state index in [1.54, 1.807) is 18.7 Å². The molecule has 0 aliphatic carbocycles. The van der Waals surface area contributed by atoms with Gasteiger partial charge in [-0.2, -0.15) is 0 Å². The number of fused-ring (bicyclic) bond motifs is 1. The fraction of sp³-hybridized carbons (Fsp3) is 0.250. The summed E-state index contributed by atoms with van der Waals surface area (Å²) in [5.41, 5.74) is 1.70. The first-order valence-corrected chi connectivity index (χ1v) is 12.3. The molecule has 0 spiro atoms.